The minimum atomic E-state index is -0.381. The van der Waals surface area contributed by atoms with Gasteiger partial charge >= 0.3 is 0 Å². The van der Waals surface area contributed by atoms with Crippen molar-refractivity contribution in [3.8, 4) is 18.9 Å². The fourth-order valence-electron chi connectivity index (χ4n) is 4.11. The average molecular weight is 480 g/mol. The standard InChI is InChI=1S/C21H25N7OS.C2H6.C2H2/c22-12-14-19-13(3-1-4-18(19)30-20(14)24)17(29)11-15(23)16-5-7-26-21(27-16)28-9-2-6-25-8-10-28;2*1-2/h5,7,11,13,25H,1-4,6,8-10,23-24H2;1-2H3;1-2H/b15-11-;;/t13-;;/m1../s1. The molecule has 0 radical (unpaired) electrons. The number of carbonyl (C=O) groups excluding carboxylic acids is 1. The van der Waals surface area contributed by atoms with Crippen molar-refractivity contribution in [2.24, 2.45) is 5.73 Å². The maximum Gasteiger partial charge on any atom is 0.225 e. The Labute approximate surface area is 206 Å². The number of aryl methyl sites for hydroxylation is 1. The third-order valence-electron chi connectivity index (χ3n) is 5.61. The zero-order valence-electron chi connectivity index (χ0n) is 19.9. The molecule has 2 aliphatic rings. The van der Waals surface area contributed by atoms with Crippen LogP contribution in [0.1, 0.15) is 60.7 Å². The number of ketones is 1. The number of anilines is 2. The van der Waals surface area contributed by atoms with E-state index in [1.54, 1.807) is 12.3 Å². The maximum atomic E-state index is 13.1. The van der Waals surface area contributed by atoms with Crippen LogP contribution in [0.25, 0.3) is 5.70 Å². The molecule has 0 bridgehead atoms. The van der Waals surface area contributed by atoms with Crippen LogP contribution in [0.2, 0.25) is 0 Å². The first-order chi connectivity index (χ1) is 16.6. The molecule has 4 rings (SSSR count). The van der Waals surface area contributed by atoms with Crippen molar-refractivity contribution in [1.82, 2.24) is 15.3 Å². The monoisotopic (exact) mass is 479 g/mol. The van der Waals surface area contributed by atoms with Gasteiger partial charge in [-0.05, 0) is 43.9 Å². The smallest absolute Gasteiger partial charge is 0.225 e. The molecule has 2 aromatic rings. The van der Waals surface area contributed by atoms with Crippen LogP contribution in [0.4, 0.5) is 10.9 Å². The number of hydrogen-bond donors (Lipinski definition) is 3. The van der Waals surface area contributed by atoms with Gasteiger partial charge in [-0.25, -0.2) is 9.97 Å². The van der Waals surface area contributed by atoms with Gasteiger partial charge in [-0.2, -0.15) is 5.26 Å². The maximum absolute atomic E-state index is 13.1. The van der Waals surface area contributed by atoms with Crippen LogP contribution in [-0.4, -0.2) is 41.9 Å². The van der Waals surface area contributed by atoms with Crippen molar-refractivity contribution in [2.45, 2.75) is 45.4 Å². The molecular weight excluding hydrogens is 446 g/mol. The van der Waals surface area contributed by atoms with E-state index in [1.165, 1.54) is 17.4 Å². The predicted molar refractivity (Wildman–Crippen MR) is 139 cm³/mol. The SMILES string of the molecule is C#C.CC.N#Cc1c(N)sc2c1[C@@H](C(=O)/C=C(\N)c1ccnc(N3CCCNCC3)n1)CCC2. The van der Waals surface area contributed by atoms with Crippen molar-refractivity contribution in [2.75, 3.05) is 36.8 Å². The van der Waals surface area contributed by atoms with Gasteiger partial charge in [0, 0.05) is 42.7 Å². The molecule has 8 nitrogen and oxygen atoms in total. The van der Waals surface area contributed by atoms with E-state index in [9.17, 15) is 10.1 Å². The molecule has 1 aliphatic carbocycles. The van der Waals surface area contributed by atoms with Gasteiger partial charge in [0.2, 0.25) is 5.95 Å². The van der Waals surface area contributed by atoms with E-state index in [2.05, 4.69) is 39.1 Å². The Morgan fingerprint density at radius 3 is 2.82 bits per heavy atom. The van der Waals surface area contributed by atoms with Gasteiger partial charge in [0.05, 0.1) is 17.0 Å². The summed E-state index contributed by atoms with van der Waals surface area (Å²) in [5, 5.41) is 13.3. The summed E-state index contributed by atoms with van der Waals surface area (Å²) >= 11 is 1.42. The fourth-order valence-corrected chi connectivity index (χ4v) is 5.23. The van der Waals surface area contributed by atoms with Crippen LogP contribution in [0.3, 0.4) is 0 Å². The molecule has 0 spiro atoms. The molecular formula is C25H33N7OS. The van der Waals surface area contributed by atoms with Crippen LogP contribution in [0.15, 0.2) is 18.3 Å². The molecule has 2 aromatic heterocycles. The average Bonchev–Trinajstić information content (AvgIpc) is 3.03. The van der Waals surface area contributed by atoms with Gasteiger partial charge in [-0.15, -0.1) is 24.2 Å². The van der Waals surface area contributed by atoms with Gasteiger partial charge < -0.3 is 21.7 Å². The molecule has 3 heterocycles. The zero-order valence-corrected chi connectivity index (χ0v) is 20.7. The van der Waals surface area contributed by atoms with Crippen molar-refractivity contribution in [1.29, 1.82) is 5.26 Å². The first-order valence-corrected chi connectivity index (χ1v) is 12.3. The lowest BCUT2D eigenvalue weighted by Crippen LogP contribution is -2.29. The van der Waals surface area contributed by atoms with E-state index >= 15 is 0 Å². The van der Waals surface area contributed by atoms with Gasteiger partial charge in [0.15, 0.2) is 5.78 Å². The lowest BCUT2D eigenvalue weighted by molar-refractivity contribution is -0.116. The molecule has 0 aromatic carbocycles. The second kappa shape index (κ2) is 13.3. The van der Waals surface area contributed by atoms with Crippen molar-refractivity contribution in [3.63, 3.8) is 0 Å². The number of hydrogen-bond acceptors (Lipinski definition) is 9. The molecule has 1 saturated heterocycles. The molecule has 5 N–H and O–H groups in total. The molecule has 180 valence electrons. The number of thiophene rings is 1. The Balaban J connectivity index is 0.000000970. The van der Waals surface area contributed by atoms with Gasteiger partial charge in [0.1, 0.15) is 11.1 Å². The van der Waals surface area contributed by atoms with Crippen LogP contribution < -0.4 is 21.7 Å². The van der Waals surface area contributed by atoms with E-state index in [4.69, 9.17) is 11.5 Å². The third kappa shape index (κ3) is 6.13. The minimum absolute atomic E-state index is 0.109. The molecule has 34 heavy (non-hydrogen) atoms. The molecule has 1 atom stereocenters. The van der Waals surface area contributed by atoms with Crippen LogP contribution in [-0.2, 0) is 11.2 Å². The lowest BCUT2D eigenvalue weighted by Gasteiger charge is -2.21. The first kappa shape index (κ1) is 26.8. The van der Waals surface area contributed by atoms with Crippen molar-refractivity contribution < 1.29 is 4.79 Å². The summed E-state index contributed by atoms with van der Waals surface area (Å²) in [7, 11) is 0. The third-order valence-corrected chi connectivity index (χ3v) is 6.70. The largest absolute Gasteiger partial charge is 0.397 e. The summed E-state index contributed by atoms with van der Waals surface area (Å²) in [5.41, 5.74) is 14.3. The van der Waals surface area contributed by atoms with E-state index in [-0.39, 0.29) is 11.7 Å². The highest BCUT2D eigenvalue weighted by molar-refractivity contribution is 7.16. The zero-order chi connectivity index (χ0) is 25.1. The minimum Gasteiger partial charge on any atom is -0.397 e. The Morgan fingerprint density at radius 1 is 1.32 bits per heavy atom. The van der Waals surface area contributed by atoms with Crippen molar-refractivity contribution in [3.05, 3.63) is 40.0 Å². The number of fused-ring (bicyclic) bond motifs is 1. The number of carbonyl (C=O) groups is 1. The van der Waals surface area contributed by atoms with Crippen LogP contribution >= 0.6 is 11.3 Å². The number of rotatable bonds is 4. The van der Waals surface area contributed by atoms with E-state index in [1.807, 2.05) is 13.8 Å². The Hall–Kier alpha value is -3.40. The summed E-state index contributed by atoms with van der Waals surface area (Å²) in [6.45, 7) is 7.56. The highest BCUT2D eigenvalue weighted by Crippen LogP contribution is 2.42. The highest BCUT2D eigenvalue weighted by Gasteiger charge is 2.31. The quantitative estimate of drug-likeness (QED) is 0.450. The normalized spacial score (nSPS) is 17.6. The van der Waals surface area contributed by atoms with Crippen molar-refractivity contribution >= 4 is 33.8 Å². The number of terminal acetylenes is 1. The van der Waals surface area contributed by atoms with E-state index in [0.717, 1.165) is 55.9 Å². The number of nitrogen functional groups attached to an aromatic ring is 1. The number of nitrogens with one attached hydrogen (secondary N) is 1. The summed E-state index contributed by atoms with van der Waals surface area (Å²) in [6, 6.07) is 3.89. The number of aromatic nitrogens is 2. The topological polar surface area (TPSA) is 134 Å². The number of nitrogens with zero attached hydrogens (tertiary/aromatic N) is 4. The van der Waals surface area contributed by atoms with Gasteiger partial charge in [-0.3, -0.25) is 4.79 Å². The molecule has 0 unspecified atom stereocenters. The summed E-state index contributed by atoms with van der Waals surface area (Å²) < 4.78 is 0. The molecule has 9 heteroatoms. The Bertz CT molecular complexity index is 1060. The summed E-state index contributed by atoms with van der Waals surface area (Å²) in [5.74, 6) is 0.132. The lowest BCUT2D eigenvalue weighted by atomic mass is 9.82. The van der Waals surface area contributed by atoms with E-state index < -0.39 is 0 Å². The highest BCUT2D eigenvalue weighted by atomic mass is 32.1. The Kier molecular flexibility index (Phi) is 10.5. The van der Waals surface area contributed by atoms with Crippen LogP contribution in [0.5, 0.6) is 0 Å². The molecule has 0 amide bonds. The Morgan fingerprint density at radius 2 is 2.09 bits per heavy atom. The predicted octanol–water partition coefficient (Wildman–Crippen LogP) is 3.06. The second-order valence-electron chi connectivity index (χ2n) is 7.57. The second-order valence-corrected chi connectivity index (χ2v) is 8.71. The van der Waals surface area contributed by atoms with E-state index in [0.29, 0.717) is 34.3 Å². The molecule has 0 saturated carbocycles. The first-order valence-electron chi connectivity index (χ1n) is 11.5. The van der Waals surface area contributed by atoms with Crippen LogP contribution in [0, 0.1) is 24.2 Å². The summed E-state index contributed by atoms with van der Waals surface area (Å²) in [6.07, 6.45) is 14.6. The number of nitriles is 1. The number of allylic oxidation sites excluding steroid dienone is 1. The number of nitrogens with two attached hydrogens (primary N) is 2. The summed E-state index contributed by atoms with van der Waals surface area (Å²) in [4.78, 5) is 25.2. The fraction of sp³-hybridized carbons (Fsp3) is 0.440. The molecule has 1 fully saturated rings. The van der Waals surface area contributed by atoms with Gasteiger partial charge in [-0.1, -0.05) is 13.8 Å². The van der Waals surface area contributed by atoms with Gasteiger partial charge in [0.25, 0.3) is 0 Å². The molecule has 1 aliphatic heterocycles.